The number of ether oxygens (including phenoxy) is 6. The second kappa shape index (κ2) is 17.8. The van der Waals surface area contributed by atoms with Gasteiger partial charge in [0, 0.05) is 0 Å². The largest absolute Gasteiger partial charge is 0.733 e. The molecule has 1 fully saturated rings. The van der Waals surface area contributed by atoms with Crippen molar-refractivity contribution in [3.05, 3.63) is 179 Å². The highest BCUT2D eigenvalue weighted by Gasteiger charge is 2.56. The van der Waals surface area contributed by atoms with Gasteiger partial charge in [0.2, 0.25) is 12.4 Å². The van der Waals surface area contributed by atoms with E-state index in [0.717, 1.165) is 12.1 Å². The lowest BCUT2D eigenvalue weighted by Crippen LogP contribution is -2.47. The van der Waals surface area contributed by atoms with Crippen molar-refractivity contribution in [3.63, 3.8) is 0 Å². The number of carbonyl (C=O) groups is 5. The highest BCUT2D eigenvalue weighted by Crippen LogP contribution is 2.33. The summed E-state index contributed by atoms with van der Waals surface area (Å²) in [7, 11) is 0. The molecule has 14 nitrogen and oxygen atoms in total. The fourth-order valence-electron chi connectivity index (χ4n) is 5.52. The molecule has 14 heteroatoms. The number of hydrogen-bond acceptors (Lipinski definition) is 14. The molecular formula is C41H32NO13-. The van der Waals surface area contributed by atoms with Crippen molar-refractivity contribution < 1.29 is 57.6 Å². The third-order valence-electron chi connectivity index (χ3n) is 8.28. The fraction of sp³-hybridized carbons (Fsp3) is 0.146. The van der Waals surface area contributed by atoms with Crippen LogP contribution in [0.15, 0.2) is 146 Å². The summed E-state index contributed by atoms with van der Waals surface area (Å²) in [6.07, 6.45) is -8.28. The van der Waals surface area contributed by atoms with Gasteiger partial charge in [-0.2, -0.15) is 0 Å². The summed E-state index contributed by atoms with van der Waals surface area (Å²) in [5, 5.41) is 20.1. The molecule has 0 aromatic heterocycles. The van der Waals surface area contributed by atoms with Gasteiger partial charge in [-0.25, -0.2) is 24.0 Å². The van der Waals surface area contributed by atoms with Gasteiger partial charge in [0.05, 0.1) is 33.5 Å². The summed E-state index contributed by atoms with van der Waals surface area (Å²) in [6.45, 7) is -0.648. The van der Waals surface area contributed by atoms with Gasteiger partial charge >= 0.3 is 29.8 Å². The molecule has 1 heterocycles. The van der Waals surface area contributed by atoms with Gasteiger partial charge in [0.1, 0.15) is 12.7 Å². The standard InChI is InChI=1S/C41H32NO13/c43-36(26-13-5-1-6-14-26)50-25-32(51-37(44)27-15-7-2-8-16-27)33-34(52-38(45)28-17-9-3-10-18-28)35(53-39(46)29-19-11-4-12-20-29)41(54-33)55-40(47)30-21-23-31(24-22-30)42(48)49/h1-24,32-35,41,48H,25H2/q-1/t32-,33-,34-,35+,41-/m0/s1. The Balaban J connectivity index is 1.38. The predicted molar refractivity (Wildman–Crippen MR) is 192 cm³/mol. The van der Waals surface area contributed by atoms with E-state index in [0.29, 0.717) is 0 Å². The van der Waals surface area contributed by atoms with Crippen molar-refractivity contribution in [1.82, 2.24) is 0 Å². The van der Waals surface area contributed by atoms with Crippen LogP contribution in [0.4, 0.5) is 5.69 Å². The van der Waals surface area contributed by atoms with Gasteiger partial charge in [0.15, 0.2) is 12.2 Å². The minimum atomic E-state index is -1.81. The van der Waals surface area contributed by atoms with E-state index >= 15 is 0 Å². The molecule has 1 aliphatic rings. The zero-order chi connectivity index (χ0) is 38.7. The zero-order valence-corrected chi connectivity index (χ0v) is 28.7. The third kappa shape index (κ3) is 9.57. The summed E-state index contributed by atoms with van der Waals surface area (Å²) in [5.74, 6) is -4.49. The fourth-order valence-corrected chi connectivity index (χ4v) is 5.52. The van der Waals surface area contributed by atoms with Crippen LogP contribution in [-0.4, -0.2) is 72.4 Å². The van der Waals surface area contributed by atoms with Crippen molar-refractivity contribution in [3.8, 4) is 0 Å². The Hall–Kier alpha value is -6.87. The highest BCUT2D eigenvalue weighted by atomic mass is 16.8. The second-order valence-electron chi connectivity index (χ2n) is 11.9. The zero-order valence-electron chi connectivity index (χ0n) is 28.7. The maximum atomic E-state index is 13.6. The molecule has 0 aliphatic carbocycles. The van der Waals surface area contributed by atoms with Gasteiger partial charge in [0.25, 0.3) is 0 Å². The Labute approximate surface area is 313 Å². The van der Waals surface area contributed by atoms with Crippen LogP contribution in [-0.2, 0) is 28.4 Å². The maximum Gasteiger partial charge on any atom is 0.340 e. The molecule has 5 aromatic rings. The molecule has 1 saturated heterocycles. The van der Waals surface area contributed by atoms with Crippen molar-refractivity contribution >= 4 is 35.5 Å². The van der Waals surface area contributed by atoms with E-state index in [1.807, 2.05) is 0 Å². The van der Waals surface area contributed by atoms with Crippen LogP contribution in [0.25, 0.3) is 0 Å². The first-order valence-electron chi connectivity index (χ1n) is 16.8. The van der Waals surface area contributed by atoms with Crippen LogP contribution < -0.4 is 5.23 Å². The summed E-state index contributed by atoms with van der Waals surface area (Å²) < 4.78 is 35.1. The number of carbonyl (C=O) groups excluding carboxylic acids is 5. The van der Waals surface area contributed by atoms with E-state index in [-0.39, 0.29) is 33.5 Å². The second-order valence-corrected chi connectivity index (χ2v) is 11.9. The van der Waals surface area contributed by atoms with Gasteiger partial charge in [-0.05, 0) is 72.8 Å². The molecule has 5 aromatic carbocycles. The molecule has 6 rings (SSSR count). The molecule has 5 atom stereocenters. The first-order chi connectivity index (χ1) is 26.7. The topological polar surface area (TPSA) is 187 Å². The Morgan fingerprint density at radius 2 is 0.945 bits per heavy atom. The lowest BCUT2D eigenvalue weighted by Gasteiger charge is -2.28. The Morgan fingerprint density at radius 3 is 1.42 bits per heavy atom. The van der Waals surface area contributed by atoms with Crippen LogP contribution in [0.1, 0.15) is 51.8 Å². The number of anilines is 1. The van der Waals surface area contributed by atoms with Gasteiger partial charge < -0.3 is 38.9 Å². The van der Waals surface area contributed by atoms with E-state index in [4.69, 9.17) is 28.4 Å². The minimum absolute atomic E-state index is 0.0924. The van der Waals surface area contributed by atoms with Gasteiger partial charge in [-0.15, -0.1) is 0 Å². The first-order valence-corrected chi connectivity index (χ1v) is 16.8. The van der Waals surface area contributed by atoms with Crippen LogP contribution in [0.5, 0.6) is 0 Å². The minimum Gasteiger partial charge on any atom is -0.733 e. The van der Waals surface area contributed by atoms with E-state index in [1.54, 1.807) is 72.8 Å². The molecular weight excluding hydrogens is 714 g/mol. The lowest BCUT2D eigenvalue weighted by atomic mass is 10.0. The molecule has 0 amide bonds. The molecule has 0 saturated carbocycles. The third-order valence-corrected chi connectivity index (χ3v) is 8.28. The number of esters is 5. The van der Waals surface area contributed by atoms with E-state index < -0.39 is 72.4 Å². The SMILES string of the molecule is O=C(OC[C@H](OC(=O)c1ccccc1)[C@@H]1O[C@@H](OC(=O)c2ccc(N([O-])O)cc2)[C@H](OC(=O)c2ccccc2)[C@H]1OC(=O)c1ccccc1)c1ccccc1. The molecule has 0 bridgehead atoms. The van der Waals surface area contributed by atoms with Crippen molar-refractivity contribution in [1.29, 1.82) is 0 Å². The first kappa shape index (κ1) is 37.9. The quantitative estimate of drug-likeness (QED) is 0.0866. The number of hydrogen-bond donors (Lipinski definition) is 1. The van der Waals surface area contributed by atoms with E-state index in [1.165, 1.54) is 60.7 Å². The highest BCUT2D eigenvalue weighted by molar-refractivity contribution is 5.92. The average molecular weight is 747 g/mol. The molecule has 0 spiro atoms. The summed E-state index contributed by atoms with van der Waals surface area (Å²) in [5.41, 5.74) is 0.214. The Bertz CT molecular complexity index is 2080. The lowest BCUT2D eigenvalue weighted by molar-refractivity contribution is -0.156. The molecule has 1 N–H and O–H groups in total. The smallest absolute Gasteiger partial charge is 0.340 e. The summed E-state index contributed by atoms with van der Waals surface area (Å²) >= 11 is 0. The van der Waals surface area contributed by atoms with Crippen LogP contribution in [0.3, 0.4) is 0 Å². The Kier molecular flexibility index (Phi) is 12.2. The molecule has 55 heavy (non-hydrogen) atoms. The van der Waals surface area contributed by atoms with Crippen molar-refractivity contribution in [2.45, 2.75) is 30.7 Å². The van der Waals surface area contributed by atoms with Crippen LogP contribution >= 0.6 is 0 Å². The van der Waals surface area contributed by atoms with E-state index in [9.17, 15) is 34.4 Å². The average Bonchev–Trinajstić information content (AvgIpc) is 3.55. The van der Waals surface area contributed by atoms with Crippen LogP contribution in [0, 0.1) is 5.21 Å². The monoisotopic (exact) mass is 746 g/mol. The van der Waals surface area contributed by atoms with E-state index in [2.05, 4.69) is 0 Å². The molecule has 0 radical (unpaired) electrons. The van der Waals surface area contributed by atoms with Gasteiger partial charge in [-0.3, -0.25) is 5.21 Å². The molecule has 280 valence electrons. The Morgan fingerprint density at radius 1 is 0.545 bits per heavy atom. The van der Waals surface area contributed by atoms with Crippen molar-refractivity contribution in [2.24, 2.45) is 0 Å². The summed E-state index contributed by atoms with van der Waals surface area (Å²) in [6, 6.07) is 36.2. The maximum absolute atomic E-state index is 13.6. The number of rotatable bonds is 13. The van der Waals surface area contributed by atoms with Crippen LogP contribution in [0.2, 0.25) is 0 Å². The van der Waals surface area contributed by atoms with Crippen molar-refractivity contribution in [2.75, 3.05) is 11.8 Å². The summed E-state index contributed by atoms with van der Waals surface area (Å²) in [4.78, 5) is 67.3. The number of benzene rings is 5. The van der Waals surface area contributed by atoms with Gasteiger partial charge in [-0.1, -0.05) is 72.8 Å². The molecule has 0 unspecified atom stereocenters. The predicted octanol–water partition coefficient (Wildman–Crippen LogP) is 5.80. The molecule has 1 aliphatic heterocycles. The number of nitrogens with zero attached hydrogens (tertiary/aromatic N) is 1. The normalized spacial score (nSPS) is 17.9.